The summed E-state index contributed by atoms with van der Waals surface area (Å²) in [6.07, 6.45) is 1.10. The summed E-state index contributed by atoms with van der Waals surface area (Å²) in [4.78, 5) is 19.9. The Balaban J connectivity index is 1.58. The molecule has 4 nitrogen and oxygen atoms in total. The number of aryl methyl sites for hydroxylation is 2. The maximum absolute atomic E-state index is 13.3. The van der Waals surface area contributed by atoms with Crippen molar-refractivity contribution in [3.8, 4) is 5.75 Å². The summed E-state index contributed by atoms with van der Waals surface area (Å²) < 4.78 is 6.32. The zero-order valence-corrected chi connectivity index (χ0v) is 18.0. The van der Waals surface area contributed by atoms with E-state index in [1.807, 2.05) is 65.6 Å². The topological polar surface area (TPSA) is 42.4 Å². The second-order valence-corrected chi connectivity index (χ2v) is 8.24. The van der Waals surface area contributed by atoms with Gasteiger partial charge in [-0.25, -0.2) is 4.98 Å². The number of fused-ring (bicyclic) bond motifs is 1. The van der Waals surface area contributed by atoms with Gasteiger partial charge < -0.3 is 4.74 Å². The SMILES string of the molecule is COc1ccc(CCC(=O)N(Cc2ccccc2)c2nc3c(C)cccc3s2)cc1. The number of hydrogen-bond donors (Lipinski definition) is 0. The Morgan fingerprint density at radius 1 is 0.967 bits per heavy atom. The smallest absolute Gasteiger partial charge is 0.229 e. The van der Waals surface area contributed by atoms with Crippen LogP contribution in [0.25, 0.3) is 10.2 Å². The number of rotatable bonds is 7. The second-order valence-electron chi connectivity index (χ2n) is 7.23. The normalized spacial score (nSPS) is 10.9. The molecular weight excluding hydrogens is 392 g/mol. The molecule has 0 aliphatic rings. The zero-order valence-electron chi connectivity index (χ0n) is 17.2. The molecular formula is C25H24N2O2S. The molecule has 30 heavy (non-hydrogen) atoms. The maximum Gasteiger partial charge on any atom is 0.229 e. The minimum absolute atomic E-state index is 0.0754. The summed E-state index contributed by atoms with van der Waals surface area (Å²) in [5.41, 5.74) is 4.30. The summed E-state index contributed by atoms with van der Waals surface area (Å²) in [6.45, 7) is 2.57. The quantitative estimate of drug-likeness (QED) is 0.383. The van der Waals surface area contributed by atoms with Gasteiger partial charge in [-0.3, -0.25) is 9.69 Å². The molecule has 0 spiro atoms. The first-order valence-corrected chi connectivity index (χ1v) is 10.8. The highest BCUT2D eigenvalue weighted by atomic mass is 32.1. The minimum atomic E-state index is 0.0754. The van der Waals surface area contributed by atoms with Crippen molar-refractivity contribution in [2.45, 2.75) is 26.3 Å². The Morgan fingerprint density at radius 3 is 2.43 bits per heavy atom. The minimum Gasteiger partial charge on any atom is -0.497 e. The monoisotopic (exact) mass is 416 g/mol. The van der Waals surface area contributed by atoms with Crippen LogP contribution in [-0.4, -0.2) is 18.0 Å². The Morgan fingerprint density at radius 2 is 1.73 bits per heavy atom. The van der Waals surface area contributed by atoms with E-state index in [1.165, 1.54) is 0 Å². The molecule has 0 saturated carbocycles. The first-order chi connectivity index (χ1) is 14.6. The van der Waals surface area contributed by atoms with Crippen LogP contribution in [0.15, 0.2) is 72.8 Å². The van der Waals surface area contributed by atoms with Crippen LogP contribution in [0.2, 0.25) is 0 Å². The van der Waals surface area contributed by atoms with E-state index < -0.39 is 0 Å². The molecule has 0 aliphatic heterocycles. The van der Waals surface area contributed by atoms with Crippen molar-refractivity contribution >= 4 is 32.6 Å². The number of nitrogens with zero attached hydrogens (tertiary/aromatic N) is 2. The molecule has 0 unspecified atom stereocenters. The molecule has 152 valence electrons. The maximum atomic E-state index is 13.3. The lowest BCUT2D eigenvalue weighted by molar-refractivity contribution is -0.118. The van der Waals surface area contributed by atoms with Gasteiger partial charge in [0.25, 0.3) is 0 Å². The third kappa shape index (κ3) is 4.52. The van der Waals surface area contributed by atoms with Gasteiger partial charge in [-0.05, 0) is 48.2 Å². The molecule has 0 saturated heterocycles. The lowest BCUT2D eigenvalue weighted by Crippen LogP contribution is -2.30. The average Bonchev–Trinajstić information content (AvgIpc) is 3.22. The molecule has 1 aromatic heterocycles. The van der Waals surface area contributed by atoms with Crippen molar-refractivity contribution in [3.63, 3.8) is 0 Å². The molecule has 4 rings (SSSR count). The van der Waals surface area contributed by atoms with Gasteiger partial charge >= 0.3 is 0 Å². The third-order valence-corrected chi connectivity index (χ3v) is 6.16. The number of aromatic nitrogens is 1. The number of thiazole rings is 1. The molecule has 0 radical (unpaired) electrons. The number of carbonyl (C=O) groups excluding carboxylic acids is 1. The highest BCUT2D eigenvalue weighted by molar-refractivity contribution is 7.22. The molecule has 5 heteroatoms. The van der Waals surface area contributed by atoms with E-state index in [0.29, 0.717) is 19.4 Å². The predicted octanol–water partition coefficient (Wildman–Crippen LogP) is 5.78. The molecule has 0 aliphatic carbocycles. The van der Waals surface area contributed by atoms with Gasteiger partial charge in [-0.15, -0.1) is 0 Å². The third-order valence-electron chi connectivity index (χ3n) is 5.11. The van der Waals surface area contributed by atoms with Crippen LogP contribution in [-0.2, 0) is 17.8 Å². The number of ether oxygens (including phenoxy) is 1. The van der Waals surface area contributed by atoms with Gasteiger partial charge in [-0.1, -0.05) is 65.9 Å². The van der Waals surface area contributed by atoms with E-state index in [4.69, 9.17) is 9.72 Å². The van der Waals surface area contributed by atoms with Gasteiger partial charge in [0.15, 0.2) is 5.13 Å². The molecule has 3 aromatic carbocycles. The van der Waals surface area contributed by atoms with Crippen molar-refractivity contribution in [3.05, 3.63) is 89.5 Å². The lowest BCUT2D eigenvalue weighted by Gasteiger charge is -2.20. The zero-order chi connectivity index (χ0) is 20.9. The first-order valence-electron chi connectivity index (χ1n) is 9.97. The number of benzene rings is 3. The number of para-hydroxylation sites is 1. The fourth-order valence-electron chi connectivity index (χ4n) is 3.40. The second kappa shape index (κ2) is 9.09. The largest absolute Gasteiger partial charge is 0.497 e. The summed E-state index contributed by atoms with van der Waals surface area (Å²) in [5, 5.41) is 0.753. The van der Waals surface area contributed by atoms with Crippen molar-refractivity contribution in [2.75, 3.05) is 12.0 Å². The molecule has 0 N–H and O–H groups in total. The van der Waals surface area contributed by atoms with E-state index in [-0.39, 0.29) is 5.91 Å². The van der Waals surface area contributed by atoms with Gasteiger partial charge in [0, 0.05) is 6.42 Å². The summed E-state index contributed by atoms with van der Waals surface area (Å²) in [6, 6.07) is 24.1. The van der Waals surface area contributed by atoms with Crippen molar-refractivity contribution in [1.29, 1.82) is 0 Å². The van der Waals surface area contributed by atoms with E-state index in [0.717, 1.165) is 37.8 Å². The van der Waals surface area contributed by atoms with Gasteiger partial charge in [0.1, 0.15) is 5.75 Å². The van der Waals surface area contributed by atoms with Crippen LogP contribution >= 0.6 is 11.3 Å². The summed E-state index contributed by atoms with van der Waals surface area (Å²) >= 11 is 1.57. The van der Waals surface area contributed by atoms with Gasteiger partial charge in [-0.2, -0.15) is 0 Å². The van der Waals surface area contributed by atoms with Crippen molar-refractivity contribution < 1.29 is 9.53 Å². The number of methoxy groups -OCH3 is 1. The van der Waals surface area contributed by atoms with Crippen LogP contribution in [0.1, 0.15) is 23.1 Å². The molecule has 0 fully saturated rings. The number of amides is 1. The highest BCUT2D eigenvalue weighted by Crippen LogP contribution is 2.32. The number of anilines is 1. The standard InChI is InChI=1S/C25H24N2O2S/c1-18-7-6-10-22-24(18)26-25(30-22)27(17-20-8-4-3-5-9-20)23(28)16-13-19-11-14-21(29-2)15-12-19/h3-12,14-15H,13,16-17H2,1-2H3. The highest BCUT2D eigenvalue weighted by Gasteiger charge is 2.20. The first kappa shape index (κ1) is 20.1. The van der Waals surface area contributed by atoms with E-state index in [9.17, 15) is 4.79 Å². The van der Waals surface area contributed by atoms with Crippen molar-refractivity contribution in [2.24, 2.45) is 0 Å². The Hall–Kier alpha value is -3.18. The van der Waals surface area contributed by atoms with Crippen molar-refractivity contribution in [1.82, 2.24) is 4.98 Å². The lowest BCUT2D eigenvalue weighted by atomic mass is 10.1. The Kier molecular flexibility index (Phi) is 6.10. The molecule has 1 amide bonds. The molecule has 0 atom stereocenters. The predicted molar refractivity (Wildman–Crippen MR) is 123 cm³/mol. The van der Waals surface area contributed by atoms with E-state index in [1.54, 1.807) is 18.4 Å². The molecule has 1 heterocycles. The van der Waals surface area contributed by atoms with Crippen LogP contribution in [0.3, 0.4) is 0 Å². The van der Waals surface area contributed by atoms with E-state index in [2.05, 4.69) is 19.1 Å². The Bertz CT molecular complexity index is 1140. The average molecular weight is 417 g/mol. The van der Waals surface area contributed by atoms with Gasteiger partial charge in [0.2, 0.25) is 5.91 Å². The molecule has 0 bridgehead atoms. The number of carbonyl (C=O) groups is 1. The van der Waals surface area contributed by atoms with Crippen LogP contribution in [0, 0.1) is 6.92 Å². The molecule has 4 aromatic rings. The van der Waals surface area contributed by atoms with Crippen LogP contribution < -0.4 is 9.64 Å². The van der Waals surface area contributed by atoms with E-state index >= 15 is 0 Å². The van der Waals surface area contributed by atoms with Crippen LogP contribution in [0.4, 0.5) is 5.13 Å². The van der Waals surface area contributed by atoms with Crippen LogP contribution in [0.5, 0.6) is 5.75 Å². The fourth-order valence-corrected chi connectivity index (χ4v) is 4.46. The Labute approximate surface area is 180 Å². The summed E-state index contributed by atoms with van der Waals surface area (Å²) in [7, 11) is 1.65. The van der Waals surface area contributed by atoms with Gasteiger partial charge in [0.05, 0.1) is 23.9 Å². The number of hydrogen-bond acceptors (Lipinski definition) is 4. The fraction of sp³-hybridized carbons (Fsp3) is 0.200. The summed E-state index contributed by atoms with van der Waals surface area (Å²) in [5.74, 6) is 0.895.